The Labute approximate surface area is 218 Å². The van der Waals surface area contributed by atoms with E-state index < -0.39 is 23.7 Å². The number of amides is 1. The zero-order chi connectivity index (χ0) is 27.9. The first kappa shape index (κ1) is 25.5. The summed E-state index contributed by atoms with van der Waals surface area (Å²) in [6.07, 6.45) is -1.96. The molecule has 8 nitrogen and oxygen atoms in total. The standard InChI is InChI=1S/C27H18F4N6O2/c1-13-5-6-14(25(39)36-21-4-2-3-19(35-21)27(29,30)31)9-17(13)18-10-16-12-34-26(32)37-23(16)22(24(18)38)15-7-8-20(28)33-11-15/h2-12,38H,1H3,(H2,32,34,37)(H,35,36,39). The molecule has 0 radical (unpaired) electrons. The first-order valence-corrected chi connectivity index (χ1v) is 11.4. The minimum atomic E-state index is -4.67. The molecule has 0 fully saturated rings. The van der Waals surface area contributed by atoms with Gasteiger partial charge in [0.25, 0.3) is 5.91 Å². The maximum atomic E-state index is 13.5. The lowest BCUT2D eigenvalue weighted by atomic mass is 9.92. The van der Waals surface area contributed by atoms with Crippen molar-refractivity contribution in [1.82, 2.24) is 19.9 Å². The van der Waals surface area contributed by atoms with E-state index in [4.69, 9.17) is 5.73 Å². The van der Waals surface area contributed by atoms with E-state index in [0.29, 0.717) is 33.2 Å². The summed E-state index contributed by atoms with van der Waals surface area (Å²) in [6, 6.07) is 12.0. The van der Waals surface area contributed by atoms with Crippen LogP contribution in [0.25, 0.3) is 33.2 Å². The van der Waals surface area contributed by atoms with Crippen molar-refractivity contribution in [1.29, 1.82) is 0 Å². The molecule has 0 aliphatic rings. The van der Waals surface area contributed by atoms with Gasteiger partial charge >= 0.3 is 6.18 Å². The number of aromatic hydroxyl groups is 1. The van der Waals surface area contributed by atoms with Gasteiger partial charge in [-0.25, -0.2) is 19.9 Å². The number of nitrogens with two attached hydrogens (primary N) is 1. The van der Waals surface area contributed by atoms with E-state index in [-0.39, 0.29) is 28.6 Å². The van der Waals surface area contributed by atoms with Crippen molar-refractivity contribution in [3.8, 4) is 28.0 Å². The van der Waals surface area contributed by atoms with Gasteiger partial charge in [-0.15, -0.1) is 0 Å². The van der Waals surface area contributed by atoms with Gasteiger partial charge in [0.2, 0.25) is 11.9 Å². The summed E-state index contributed by atoms with van der Waals surface area (Å²) in [6.45, 7) is 1.76. The zero-order valence-corrected chi connectivity index (χ0v) is 20.1. The number of aryl methyl sites for hydroxylation is 1. The summed E-state index contributed by atoms with van der Waals surface area (Å²) in [7, 11) is 0. The molecule has 0 saturated heterocycles. The molecule has 0 bridgehead atoms. The Morgan fingerprint density at radius 1 is 0.974 bits per heavy atom. The average molecular weight is 534 g/mol. The third-order valence-corrected chi connectivity index (χ3v) is 5.95. The highest BCUT2D eigenvalue weighted by Gasteiger charge is 2.32. The van der Waals surface area contributed by atoms with Crippen molar-refractivity contribution < 1.29 is 27.5 Å². The zero-order valence-electron chi connectivity index (χ0n) is 20.1. The lowest BCUT2D eigenvalue weighted by molar-refractivity contribution is -0.141. The normalized spacial score (nSPS) is 11.5. The van der Waals surface area contributed by atoms with Crippen molar-refractivity contribution >= 4 is 28.6 Å². The number of pyridine rings is 2. The lowest BCUT2D eigenvalue weighted by Crippen LogP contribution is -2.15. The van der Waals surface area contributed by atoms with Crippen molar-refractivity contribution in [2.75, 3.05) is 11.1 Å². The fraction of sp³-hybridized carbons (Fsp3) is 0.0741. The number of rotatable bonds is 4. The second-order valence-electron chi connectivity index (χ2n) is 8.57. The summed E-state index contributed by atoms with van der Waals surface area (Å²) in [5, 5.41) is 14.3. The molecule has 1 amide bonds. The van der Waals surface area contributed by atoms with Gasteiger partial charge in [-0.1, -0.05) is 12.1 Å². The summed E-state index contributed by atoms with van der Waals surface area (Å²) < 4.78 is 52.6. The highest BCUT2D eigenvalue weighted by molar-refractivity contribution is 6.06. The molecule has 0 saturated carbocycles. The molecule has 39 heavy (non-hydrogen) atoms. The van der Waals surface area contributed by atoms with Crippen LogP contribution in [0.3, 0.4) is 0 Å². The fourth-order valence-corrected chi connectivity index (χ4v) is 4.09. The number of alkyl halides is 3. The third kappa shape index (κ3) is 5.04. The molecule has 2 aromatic carbocycles. The minimum Gasteiger partial charge on any atom is -0.507 e. The van der Waals surface area contributed by atoms with Gasteiger partial charge in [0.05, 0.1) is 11.1 Å². The van der Waals surface area contributed by atoms with Gasteiger partial charge in [0, 0.05) is 34.5 Å². The summed E-state index contributed by atoms with van der Waals surface area (Å²) >= 11 is 0. The molecule has 4 N–H and O–H groups in total. The number of phenols is 1. The van der Waals surface area contributed by atoms with Crippen LogP contribution in [0.5, 0.6) is 5.75 Å². The van der Waals surface area contributed by atoms with Crippen LogP contribution in [0.4, 0.5) is 29.3 Å². The number of halogens is 4. The van der Waals surface area contributed by atoms with E-state index in [2.05, 4.69) is 25.3 Å². The number of hydrogen-bond donors (Lipinski definition) is 3. The molecule has 0 aliphatic carbocycles. The van der Waals surface area contributed by atoms with Gasteiger partial charge in [0.15, 0.2) is 0 Å². The molecule has 196 valence electrons. The molecular formula is C27H18F4N6O2. The van der Waals surface area contributed by atoms with E-state index >= 15 is 0 Å². The highest BCUT2D eigenvalue weighted by atomic mass is 19.4. The van der Waals surface area contributed by atoms with Crippen LogP contribution >= 0.6 is 0 Å². The Kier molecular flexibility index (Phi) is 6.30. The van der Waals surface area contributed by atoms with Crippen molar-refractivity contribution in [3.05, 3.63) is 89.8 Å². The van der Waals surface area contributed by atoms with Gasteiger partial charge in [0.1, 0.15) is 17.3 Å². The molecule has 0 atom stereocenters. The Balaban J connectivity index is 1.61. The van der Waals surface area contributed by atoms with Crippen molar-refractivity contribution in [2.24, 2.45) is 0 Å². The monoisotopic (exact) mass is 534 g/mol. The highest BCUT2D eigenvalue weighted by Crippen LogP contribution is 2.44. The molecule has 3 heterocycles. The second kappa shape index (κ2) is 9.63. The van der Waals surface area contributed by atoms with E-state index in [1.54, 1.807) is 19.1 Å². The van der Waals surface area contributed by atoms with Gasteiger partial charge in [-0.05, 0) is 60.5 Å². The first-order valence-electron chi connectivity index (χ1n) is 11.4. The molecule has 3 aromatic heterocycles. The number of carbonyl (C=O) groups is 1. The first-order chi connectivity index (χ1) is 18.5. The number of phenolic OH excluding ortho intramolecular Hbond substituents is 1. The summed E-state index contributed by atoms with van der Waals surface area (Å²) in [4.78, 5) is 28.3. The maximum absolute atomic E-state index is 13.5. The van der Waals surface area contributed by atoms with Gasteiger partial charge in [-0.2, -0.15) is 17.6 Å². The van der Waals surface area contributed by atoms with Crippen molar-refractivity contribution in [2.45, 2.75) is 13.1 Å². The molecule has 0 spiro atoms. The maximum Gasteiger partial charge on any atom is 0.433 e. The van der Waals surface area contributed by atoms with E-state index in [0.717, 1.165) is 18.2 Å². The molecule has 5 aromatic rings. The van der Waals surface area contributed by atoms with Crippen LogP contribution in [0.1, 0.15) is 21.6 Å². The lowest BCUT2D eigenvalue weighted by Gasteiger charge is -2.16. The number of aromatic nitrogens is 4. The number of carbonyl (C=O) groups excluding carboxylic acids is 1. The van der Waals surface area contributed by atoms with E-state index in [1.807, 2.05) is 0 Å². The third-order valence-electron chi connectivity index (χ3n) is 5.95. The number of nitrogens with one attached hydrogen (secondary N) is 1. The molecule has 5 rings (SSSR count). The molecule has 12 heteroatoms. The van der Waals surface area contributed by atoms with Crippen LogP contribution in [0.15, 0.2) is 67.0 Å². The number of benzene rings is 2. The molecule has 0 aliphatic heterocycles. The molecule has 0 unspecified atom stereocenters. The van der Waals surface area contributed by atoms with Gasteiger partial charge in [-0.3, -0.25) is 4.79 Å². The summed E-state index contributed by atoms with van der Waals surface area (Å²) in [5.41, 5.74) is 7.07. The van der Waals surface area contributed by atoms with Crippen LogP contribution in [0.2, 0.25) is 0 Å². The van der Waals surface area contributed by atoms with Gasteiger partial charge < -0.3 is 16.2 Å². The Morgan fingerprint density at radius 3 is 2.49 bits per heavy atom. The fourth-order valence-electron chi connectivity index (χ4n) is 4.09. The SMILES string of the molecule is Cc1ccc(C(=O)Nc2cccc(C(F)(F)F)n2)cc1-c1cc2cnc(N)nc2c(-c2ccc(F)nc2)c1O. The smallest absolute Gasteiger partial charge is 0.433 e. The van der Waals surface area contributed by atoms with Crippen molar-refractivity contribution in [3.63, 3.8) is 0 Å². The number of hydrogen-bond acceptors (Lipinski definition) is 7. The van der Waals surface area contributed by atoms with Crippen LogP contribution in [0, 0.1) is 12.9 Å². The summed E-state index contributed by atoms with van der Waals surface area (Å²) in [5.74, 6) is -1.95. The van der Waals surface area contributed by atoms with Crippen LogP contribution in [-0.4, -0.2) is 30.9 Å². The van der Waals surface area contributed by atoms with Crippen LogP contribution in [-0.2, 0) is 6.18 Å². The number of nitrogens with zero attached hydrogens (tertiary/aromatic N) is 4. The topological polar surface area (TPSA) is 127 Å². The quantitative estimate of drug-likeness (QED) is 0.198. The second-order valence-corrected chi connectivity index (χ2v) is 8.57. The average Bonchev–Trinajstić information content (AvgIpc) is 2.89. The predicted octanol–water partition coefficient (Wildman–Crippen LogP) is 5.76. The van der Waals surface area contributed by atoms with Crippen LogP contribution < -0.4 is 11.1 Å². The van der Waals surface area contributed by atoms with E-state index in [9.17, 15) is 27.5 Å². The number of anilines is 2. The number of nitrogen functional groups attached to an aromatic ring is 1. The Bertz CT molecular complexity index is 1740. The number of fused-ring (bicyclic) bond motifs is 1. The molecular weight excluding hydrogens is 516 g/mol. The Morgan fingerprint density at radius 2 is 1.77 bits per heavy atom. The minimum absolute atomic E-state index is 0.0379. The van der Waals surface area contributed by atoms with E-state index in [1.165, 1.54) is 36.7 Å². The Hall–Kier alpha value is -5.13. The largest absolute Gasteiger partial charge is 0.507 e. The predicted molar refractivity (Wildman–Crippen MR) is 136 cm³/mol.